The van der Waals surface area contributed by atoms with Gasteiger partial charge in [0.1, 0.15) is 0 Å². The van der Waals surface area contributed by atoms with E-state index >= 15 is 0 Å². The lowest BCUT2D eigenvalue weighted by atomic mass is 10.0. The second-order valence-corrected chi connectivity index (χ2v) is 7.30. The van der Waals surface area contributed by atoms with E-state index in [1.54, 1.807) is 17.5 Å². The van der Waals surface area contributed by atoms with Crippen LogP contribution in [0, 0.1) is 12.8 Å². The topological polar surface area (TPSA) is 51.0 Å². The van der Waals surface area contributed by atoms with E-state index in [0.29, 0.717) is 17.9 Å². The maximum Gasteiger partial charge on any atom is 0.226 e. The normalized spacial score (nSPS) is 25.4. The summed E-state index contributed by atoms with van der Waals surface area (Å²) < 4.78 is 1.93. The molecule has 116 valence electrons. The van der Waals surface area contributed by atoms with Gasteiger partial charge in [-0.3, -0.25) is 4.79 Å². The Morgan fingerprint density at radius 2 is 2.18 bits per heavy atom. The van der Waals surface area contributed by atoms with E-state index in [9.17, 15) is 4.79 Å². The van der Waals surface area contributed by atoms with Gasteiger partial charge in [0.2, 0.25) is 5.91 Å². The average molecular weight is 316 g/mol. The van der Waals surface area contributed by atoms with Crippen molar-refractivity contribution in [2.45, 2.75) is 38.1 Å². The number of hydrogen-bond donors (Lipinski definition) is 0. The Bertz CT molecular complexity index is 658. The van der Waals surface area contributed by atoms with Crippen LogP contribution in [0.15, 0.2) is 23.8 Å². The van der Waals surface area contributed by atoms with Crippen LogP contribution in [0.1, 0.15) is 41.7 Å². The van der Waals surface area contributed by atoms with Gasteiger partial charge in [0.05, 0.1) is 12.2 Å². The molecule has 1 saturated carbocycles. The third-order valence-electron chi connectivity index (χ3n) is 4.94. The summed E-state index contributed by atoms with van der Waals surface area (Å²) in [6.07, 6.45) is 6.62. The van der Waals surface area contributed by atoms with Crippen molar-refractivity contribution in [2.24, 2.45) is 5.92 Å². The van der Waals surface area contributed by atoms with Crippen LogP contribution in [0.3, 0.4) is 0 Å². The molecule has 0 bridgehead atoms. The first kappa shape index (κ1) is 13.9. The molecule has 2 fully saturated rings. The van der Waals surface area contributed by atoms with Gasteiger partial charge in [0.15, 0.2) is 0 Å². The van der Waals surface area contributed by atoms with E-state index in [4.69, 9.17) is 0 Å². The average Bonchev–Trinajstić information content (AvgIpc) is 2.95. The molecule has 1 amide bonds. The summed E-state index contributed by atoms with van der Waals surface area (Å²) in [5.74, 6) is 1.05. The number of aryl methyl sites for hydroxylation is 1. The predicted molar refractivity (Wildman–Crippen MR) is 84.8 cm³/mol. The number of amides is 1. The Labute approximate surface area is 133 Å². The van der Waals surface area contributed by atoms with E-state index in [0.717, 1.165) is 32.4 Å². The monoisotopic (exact) mass is 316 g/mol. The van der Waals surface area contributed by atoms with Gasteiger partial charge in [-0.15, -0.1) is 16.4 Å². The fourth-order valence-corrected chi connectivity index (χ4v) is 4.63. The zero-order valence-electron chi connectivity index (χ0n) is 12.7. The first-order valence-electron chi connectivity index (χ1n) is 7.92. The molecule has 1 saturated heterocycles. The van der Waals surface area contributed by atoms with Gasteiger partial charge in [-0.1, -0.05) is 5.21 Å². The quantitative estimate of drug-likeness (QED) is 0.874. The largest absolute Gasteiger partial charge is 0.342 e. The number of carbonyl (C=O) groups is 1. The summed E-state index contributed by atoms with van der Waals surface area (Å²) >= 11 is 1.80. The second-order valence-electron chi connectivity index (χ2n) is 6.36. The molecule has 4 rings (SSSR count). The molecule has 0 aromatic carbocycles. The van der Waals surface area contributed by atoms with Crippen LogP contribution < -0.4 is 0 Å². The molecule has 5 nitrogen and oxygen atoms in total. The molecule has 0 unspecified atom stereocenters. The molecule has 1 aliphatic heterocycles. The standard InChI is InChI=1S/C16H20N4OS/c1-11-4-9-22-15(11)13-10-14(13)16(21)19-6-2-12(3-7-19)20-8-5-17-18-20/h4-5,8-9,12-14H,2-3,6-7,10H2,1H3/t13-,14-/m0/s1. The number of hydrogen-bond acceptors (Lipinski definition) is 4. The van der Waals surface area contributed by atoms with Crippen LogP contribution in [0.25, 0.3) is 0 Å². The highest BCUT2D eigenvalue weighted by Crippen LogP contribution is 2.51. The Hall–Kier alpha value is -1.69. The van der Waals surface area contributed by atoms with Gasteiger partial charge >= 0.3 is 0 Å². The Morgan fingerprint density at radius 1 is 1.36 bits per heavy atom. The van der Waals surface area contributed by atoms with Gasteiger partial charge in [-0.25, -0.2) is 4.68 Å². The minimum absolute atomic E-state index is 0.222. The molecule has 0 radical (unpaired) electrons. The summed E-state index contributed by atoms with van der Waals surface area (Å²) in [5.41, 5.74) is 1.34. The van der Waals surface area contributed by atoms with Crippen molar-refractivity contribution in [1.82, 2.24) is 19.9 Å². The molecular formula is C16H20N4OS. The van der Waals surface area contributed by atoms with Crippen molar-refractivity contribution < 1.29 is 4.79 Å². The molecule has 1 aliphatic carbocycles. The molecule has 22 heavy (non-hydrogen) atoms. The van der Waals surface area contributed by atoms with E-state index in [2.05, 4.69) is 33.6 Å². The second kappa shape index (κ2) is 5.50. The molecule has 2 aliphatic rings. The Morgan fingerprint density at radius 3 is 2.82 bits per heavy atom. The first-order chi connectivity index (χ1) is 10.7. The molecule has 2 atom stereocenters. The maximum absolute atomic E-state index is 12.7. The highest BCUT2D eigenvalue weighted by atomic mass is 32.1. The first-order valence-corrected chi connectivity index (χ1v) is 8.80. The number of piperidine rings is 1. The lowest BCUT2D eigenvalue weighted by Gasteiger charge is -2.32. The van der Waals surface area contributed by atoms with E-state index in [1.807, 2.05) is 10.9 Å². The summed E-state index contributed by atoms with van der Waals surface area (Å²) in [6.45, 7) is 3.83. The zero-order chi connectivity index (χ0) is 15.1. The lowest BCUT2D eigenvalue weighted by molar-refractivity contribution is -0.134. The van der Waals surface area contributed by atoms with Gasteiger partial charge in [0, 0.05) is 36.0 Å². The van der Waals surface area contributed by atoms with Crippen molar-refractivity contribution in [2.75, 3.05) is 13.1 Å². The van der Waals surface area contributed by atoms with Crippen LogP contribution in [0.2, 0.25) is 0 Å². The lowest BCUT2D eigenvalue weighted by Crippen LogP contribution is -2.40. The smallest absolute Gasteiger partial charge is 0.226 e. The predicted octanol–water partition coefficient (Wildman–Crippen LogP) is 2.62. The number of nitrogens with zero attached hydrogens (tertiary/aromatic N) is 4. The molecule has 2 aromatic heterocycles. The van der Waals surface area contributed by atoms with E-state index < -0.39 is 0 Å². The van der Waals surface area contributed by atoms with Gasteiger partial charge in [-0.05, 0) is 43.2 Å². The maximum atomic E-state index is 12.7. The van der Waals surface area contributed by atoms with Crippen LogP contribution in [0.5, 0.6) is 0 Å². The van der Waals surface area contributed by atoms with Gasteiger partial charge < -0.3 is 4.90 Å². The molecule has 0 N–H and O–H groups in total. The van der Waals surface area contributed by atoms with Crippen LogP contribution in [0.4, 0.5) is 0 Å². The van der Waals surface area contributed by atoms with E-state index in [-0.39, 0.29) is 5.92 Å². The Kier molecular flexibility index (Phi) is 3.48. The number of likely N-dealkylation sites (tertiary alicyclic amines) is 1. The molecule has 0 spiro atoms. The van der Waals surface area contributed by atoms with Crippen molar-refractivity contribution >= 4 is 17.2 Å². The Balaban J connectivity index is 1.35. The van der Waals surface area contributed by atoms with Crippen LogP contribution in [-0.4, -0.2) is 38.9 Å². The van der Waals surface area contributed by atoms with Crippen molar-refractivity contribution in [3.63, 3.8) is 0 Å². The molecule has 6 heteroatoms. The van der Waals surface area contributed by atoms with E-state index in [1.165, 1.54) is 10.4 Å². The van der Waals surface area contributed by atoms with Crippen molar-refractivity contribution in [3.05, 3.63) is 34.3 Å². The van der Waals surface area contributed by atoms with Crippen LogP contribution in [-0.2, 0) is 4.79 Å². The summed E-state index contributed by atoms with van der Waals surface area (Å²) in [4.78, 5) is 16.1. The number of carbonyl (C=O) groups excluding carboxylic acids is 1. The van der Waals surface area contributed by atoms with Crippen molar-refractivity contribution in [3.8, 4) is 0 Å². The SMILES string of the molecule is Cc1ccsc1[C@H]1C[C@@H]1C(=O)N1CCC(n2ccnn2)CC1. The third-order valence-corrected chi connectivity index (χ3v) is 6.09. The van der Waals surface area contributed by atoms with Gasteiger partial charge in [-0.2, -0.15) is 0 Å². The summed E-state index contributed by atoms with van der Waals surface area (Å²) in [6, 6.07) is 2.55. The number of rotatable bonds is 3. The molecule has 3 heterocycles. The summed E-state index contributed by atoms with van der Waals surface area (Å²) in [5, 5.41) is 10.1. The number of aromatic nitrogens is 3. The van der Waals surface area contributed by atoms with Gasteiger partial charge in [0.25, 0.3) is 0 Å². The minimum atomic E-state index is 0.222. The fraction of sp³-hybridized carbons (Fsp3) is 0.562. The van der Waals surface area contributed by atoms with Crippen LogP contribution >= 0.6 is 11.3 Å². The number of thiophene rings is 1. The molecular weight excluding hydrogens is 296 g/mol. The molecule has 2 aromatic rings. The summed E-state index contributed by atoms with van der Waals surface area (Å²) in [7, 11) is 0. The highest BCUT2D eigenvalue weighted by molar-refractivity contribution is 7.10. The fourth-order valence-electron chi connectivity index (χ4n) is 3.52. The third kappa shape index (κ3) is 2.45. The van der Waals surface area contributed by atoms with Crippen molar-refractivity contribution in [1.29, 1.82) is 0 Å². The minimum Gasteiger partial charge on any atom is -0.342 e. The highest BCUT2D eigenvalue weighted by Gasteiger charge is 2.47. The zero-order valence-corrected chi connectivity index (χ0v) is 13.5.